The molecule has 27 heavy (non-hydrogen) atoms. The predicted molar refractivity (Wildman–Crippen MR) is 113 cm³/mol. The second-order valence-corrected chi connectivity index (χ2v) is 11.1. The number of hydrogen-bond donors (Lipinski definition) is 0. The van der Waals surface area contributed by atoms with E-state index in [2.05, 4.69) is 0 Å². The van der Waals surface area contributed by atoms with Gasteiger partial charge in [-0.1, -0.05) is 49.2 Å². The van der Waals surface area contributed by atoms with Gasteiger partial charge in [-0.25, -0.2) is 0 Å². The van der Waals surface area contributed by atoms with Crippen LogP contribution in [0.3, 0.4) is 0 Å². The normalized spacial score (nSPS) is 11.7. The lowest BCUT2D eigenvalue weighted by molar-refractivity contribution is 0.103. The van der Waals surface area contributed by atoms with Crippen LogP contribution in [0.1, 0.15) is 67.9 Å². The monoisotopic (exact) mass is 384 g/mol. The molecule has 0 saturated carbocycles. The maximum Gasteiger partial charge on any atom is 0.229 e. The standard InChI is InChI=1S/C23H29O3P/c1-13(2)27(26,22(24)20-16(5)9-14(3)10-17(20)6)23(25)21-18(7)11-15(4)12-19(21)8/h9-13H,1-8H3. The molecule has 0 radical (unpaired) electrons. The van der Waals surface area contributed by atoms with Gasteiger partial charge in [0.05, 0.1) is 0 Å². The van der Waals surface area contributed by atoms with E-state index >= 15 is 0 Å². The van der Waals surface area contributed by atoms with Gasteiger partial charge < -0.3 is 4.57 Å². The number of carbonyl (C=O) groups is 2. The summed E-state index contributed by atoms with van der Waals surface area (Å²) in [5.41, 5.74) is 4.40. The highest BCUT2D eigenvalue weighted by Gasteiger charge is 2.45. The molecule has 0 fully saturated rings. The summed E-state index contributed by atoms with van der Waals surface area (Å²) < 4.78 is 14.0. The van der Waals surface area contributed by atoms with Crippen LogP contribution < -0.4 is 0 Å². The molecule has 2 aromatic carbocycles. The van der Waals surface area contributed by atoms with Crippen molar-refractivity contribution >= 4 is 18.2 Å². The Morgan fingerprint density at radius 1 is 0.667 bits per heavy atom. The fraction of sp³-hybridized carbons (Fsp3) is 0.391. The Morgan fingerprint density at radius 2 is 0.926 bits per heavy atom. The van der Waals surface area contributed by atoms with Crippen LogP contribution >= 0.6 is 7.14 Å². The largest absolute Gasteiger partial charge is 0.306 e. The summed E-state index contributed by atoms with van der Waals surface area (Å²) in [7, 11) is -3.83. The summed E-state index contributed by atoms with van der Waals surface area (Å²) in [6, 6.07) is 7.60. The van der Waals surface area contributed by atoms with Gasteiger partial charge in [0, 0.05) is 16.8 Å². The highest BCUT2D eigenvalue weighted by Crippen LogP contribution is 2.57. The topological polar surface area (TPSA) is 51.2 Å². The molecule has 0 amide bonds. The lowest BCUT2D eigenvalue weighted by Crippen LogP contribution is -2.20. The van der Waals surface area contributed by atoms with E-state index in [0.29, 0.717) is 11.1 Å². The van der Waals surface area contributed by atoms with Crippen molar-refractivity contribution in [2.45, 2.75) is 61.0 Å². The molecule has 0 saturated heterocycles. The number of carbonyl (C=O) groups excluding carboxylic acids is 2. The molecule has 0 atom stereocenters. The van der Waals surface area contributed by atoms with Gasteiger partial charge in [0.1, 0.15) is 0 Å². The van der Waals surface area contributed by atoms with E-state index in [1.165, 1.54) is 0 Å². The summed E-state index contributed by atoms with van der Waals surface area (Å²) in [4.78, 5) is 27.0. The van der Waals surface area contributed by atoms with Crippen LogP contribution in [0.15, 0.2) is 24.3 Å². The van der Waals surface area contributed by atoms with E-state index in [9.17, 15) is 14.2 Å². The van der Waals surface area contributed by atoms with Crippen molar-refractivity contribution in [1.82, 2.24) is 0 Å². The number of benzene rings is 2. The Balaban J connectivity index is 2.72. The molecule has 0 aliphatic rings. The Labute approximate surface area is 162 Å². The van der Waals surface area contributed by atoms with Crippen molar-refractivity contribution < 1.29 is 14.2 Å². The summed E-state index contributed by atoms with van der Waals surface area (Å²) in [6.45, 7) is 14.7. The Bertz CT molecular complexity index is 864. The lowest BCUT2D eigenvalue weighted by Gasteiger charge is -2.23. The first-order chi connectivity index (χ1) is 12.4. The first-order valence-corrected chi connectivity index (χ1v) is 11.0. The number of hydrogen-bond acceptors (Lipinski definition) is 3. The SMILES string of the molecule is Cc1cc(C)c(C(=O)P(=O)(C(=O)c2c(C)cc(C)cc2C)C(C)C)c(C)c1. The van der Waals surface area contributed by atoms with Gasteiger partial charge in [0.25, 0.3) is 0 Å². The third-order valence-electron chi connectivity index (χ3n) is 5.11. The van der Waals surface area contributed by atoms with Crippen LogP contribution in [-0.2, 0) is 4.57 Å². The molecular weight excluding hydrogens is 355 g/mol. The number of aryl methyl sites for hydroxylation is 6. The quantitative estimate of drug-likeness (QED) is 0.569. The maximum atomic E-state index is 14.0. The predicted octanol–water partition coefficient (Wildman–Crippen LogP) is 6.29. The lowest BCUT2D eigenvalue weighted by atomic mass is 10.0. The van der Waals surface area contributed by atoms with Gasteiger partial charge in [-0.05, 0) is 63.8 Å². The molecule has 144 valence electrons. The summed E-state index contributed by atoms with van der Waals surface area (Å²) in [5, 5.41) is 0. The third kappa shape index (κ3) is 3.71. The van der Waals surface area contributed by atoms with E-state index in [1.54, 1.807) is 13.8 Å². The molecule has 2 rings (SSSR count). The molecule has 0 bridgehead atoms. The minimum absolute atomic E-state index is 0.424. The average molecular weight is 384 g/mol. The summed E-state index contributed by atoms with van der Waals surface area (Å²) in [6.07, 6.45) is 0. The highest BCUT2D eigenvalue weighted by molar-refractivity contribution is 7.95. The fourth-order valence-corrected chi connectivity index (χ4v) is 6.42. The van der Waals surface area contributed by atoms with Gasteiger partial charge in [-0.3, -0.25) is 9.59 Å². The Hall–Kier alpha value is -1.99. The van der Waals surface area contributed by atoms with Crippen molar-refractivity contribution in [1.29, 1.82) is 0 Å². The van der Waals surface area contributed by atoms with E-state index in [-0.39, 0.29) is 0 Å². The van der Waals surface area contributed by atoms with Crippen molar-refractivity contribution in [3.8, 4) is 0 Å². The van der Waals surface area contributed by atoms with Crippen molar-refractivity contribution in [3.05, 3.63) is 68.8 Å². The second kappa shape index (κ2) is 7.56. The zero-order chi connectivity index (χ0) is 20.7. The van der Waals surface area contributed by atoms with Gasteiger partial charge in [0.2, 0.25) is 18.2 Å². The first kappa shape index (κ1) is 21.3. The van der Waals surface area contributed by atoms with Crippen LogP contribution in [0.2, 0.25) is 0 Å². The van der Waals surface area contributed by atoms with Crippen molar-refractivity contribution in [2.75, 3.05) is 0 Å². The number of rotatable bonds is 5. The first-order valence-electron chi connectivity index (χ1n) is 9.26. The second-order valence-electron chi connectivity index (χ2n) is 7.91. The van der Waals surface area contributed by atoms with Gasteiger partial charge in [-0.15, -0.1) is 0 Å². The molecule has 4 heteroatoms. The van der Waals surface area contributed by atoms with Gasteiger partial charge >= 0.3 is 0 Å². The summed E-state index contributed by atoms with van der Waals surface area (Å²) >= 11 is 0. The molecule has 0 aliphatic carbocycles. The Kier molecular flexibility index (Phi) is 5.97. The Morgan fingerprint density at radius 3 is 1.15 bits per heavy atom. The molecule has 0 unspecified atom stereocenters. The van der Waals surface area contributed by atoms with Crippen LogP contribution in [0.4, 0.5) is 0 Å². The third-order valence-corrected chi connectivity index (χ3v) is 8.22. The minimum atomic E-state index is -3.83. The smallest absolute Gasteiger partial charge is 0.229 e. The van der Waals surface area contributed by atoms with E-state index in [1.807, 2.05) is 65.8 Å². The molecule has 2 aromatic rings. The molecular formula is C23H29O3P. The van der Waals surface area contributed by atoms with Crippen molar-refractivity contribution in [2.24, 2.45) is 0 Å². The van der Waals surface area contributed by atoms with Crippen LogP contribution in [0.5, 0.6) is 0 Å². The van der Waals surface area contributed by atoms with Gasteiger partial charge in [0.15, 0.2) is 0 Å². The maximum absolute atomic E-state index is 14.0. The fourth-order valence-electron chi connectivity index (χ4n) is 3.93. The van der Waals surface area contributed by atoms with Crippen LogP contribution in [0, 0.1) is 41.5 Å². The molecule has 0 aliphatic heterocycles. The molecule has 0 N–H and O–H groups in total. The average Bonchev–Trinajstić information content (AvgIpc) is 2.51. The van der Waals surface area contributed by atoms with Crippen molar-refractivity contribution in [3.63, 3.8) is 0 Å². The molecule has 0 spiro atoms. The highest BCUT2D eigenvalue weighted by atomic mass is 31.2. The molecule has 3 nitrogen and oxygen atoms in total. The summed E-state index contributed by atoms with van der Waals surface area (Å²) in [5.74, 6) is 0. The van der Waals surface area contributed by atoms with E-state index in [4.69, 9.17) is 0 Å². The minimum Gasteiger partial charge on any atom is -0.306 e. The van der Waals surface area contributed by atoms with E-state index < -0.39 is 23.8 Å². The molecule has 0 heterocycles. The van der Waals surface area contributed by atoms with E-state index in [0.717, 1.165) is 33.4 Å². The zero-order valence-corrected chi connectivity index (χ0v) is 18.5. The van der Waals surface area contributed by atoms with Crippen LogP contribution in [0.25, 0.3) is 0 Å². The van der Waals surface area contributed by atoms with Crippen LogP contribution in [-0.4, -0.2) is 16.7 Å². The molecule has 0 aromatic heterocycles. The van der Waals surface area contributed by atoms with Gasteiger partial charge in [-0.2, -0.15) is 0 Å². The zero-order valence-electron chi connectivity index (χ0n) is 17.6.